The van der Waals surface area contributed by atoms with Crippen LogP contribution in [-0.4, -0.2) is 11.1 Å². The van der Waals surface area contributed by atoms with Gasteiger partial charge in [-0.1, -0.05) is 20.8 Å². The van der Waals surface area contributed by atoms with Crippen LogP contribution in [0.5, 0.6) is 5.75 Å². The standard InChI is InChI=1S/C14H22N2O/c1-9(10-5-6-10)17-12-11(14(2,3)4)7-8-16-13(12)15/h7-10H,5-6H2,1-4H3,(H2,15,16). The topological polar surface area (TPSA) is 48.1 Å². The van der Waals surface area contributed by atoms with Gasteiger partial charge in [0.1, 0.15) is 0 Å². The SMILES string of the molecule is CC(Oc1c(C(C)(C)C)ccnc1N)C1CC1. The van der Waals surface area contributed by atoms with Crippen LogP contribution >= 0.6 is 0 Å². The number of rotatable bonds is 3. The van der Waals surface area contributed by atoms with Crippen LogP contribution < -0.4 is 10.5 Å². The van der Waals surface area contributed by atoms with Crippen molar-refractivity contribution in [2.75, 3.05) is 5.73 Å². The van der Waals surface area contributed by atoms with Gasteiger partial charge in [-0.25, -0.2) is 4.98 Å². The number of anilines is 1. The second-order valence-corrected chi connectivity index (χ2v) is 5.98. The Morgan fingerprint density at radius 3 is 2.59 bits per heavy atom. The van der Waals surface area contributed by atoms with E-state index in [0.29, 0.717) is 11.7 Å². The first-order valence-electron chi connectivity index (χ1n) is 6.31. The molecule has 1 unspecified atom stereocenters. The molecule has 3 heteroatoms. The summed E-state index contributed by atoms with van der Waals surface area (Å²) in [6, 6.07) is 2.01. The quantitative estimate of drug-likeness (QED) is 0.874. The first kappa shape index (κ1) is 12.2. The number of pyridine rings is 1. The van der Waals surface area contributed by atoms with Gasteiger partial charge in [0, 0.05) is 11.8 Å². The lowest BCUT2D eigenvalue weighted by Crippen LogP contribution is -2.20. The Bertz CT molecular complexity index is 405. The van der Waals surface area contributed by atoms with E-state index in [1.807, 2.05) is 6.07 Å². The minimum atomic E-state index is 0.0235. The predicted octanol–water partition coefficient (Wildman–Crippen LogP) is 3.14. The van der Waals surface area contributed by atoms with Gasteiger partial charge in [0.15, 0.2) is 11.6 Å². The van der Waals surface area contributed by atoms with Crippen LogP contribution in [-0.2, 0) is 5.41 Å². The molecule has 1 aliphatic carbocycles. The zero-order valence-corrected chi connectivity index (χ0v) is 11.2. The van der Waals surface area contributed by atoms with Gasteiger partial charge in [0.25, 0.3) is 0 Å². The Kier molecular flexibility index (Phi) is 3.02. The maximum absolute atomic E-state index is 6.04. The highest BCUT2D eigenvalue weighted by Crippen LogP contribution is 2.39. The van der Waals surface area contributed by atoms with E-state index >= 15 is 0 Å². The van der Waals surface area contributed by atoms with Gasteiger partial charge in [0.2, 0.25) is 0 Å². The molecule has 0 aliphatic heterocycles. The molecule has 1 aromatic heterocycles. The van der Waals surface area contributed by atoms with Gasteiger partial charge in [-0.15, -0.1) is 0 Å². The summed E-state index contributed by atoms with van der Waals surface area (Å²) >= 11 is 0. The van der Waals surface area contributed by atoms with Gasteiger partial charge in [0.05, 0.1) is 6.10 Å². The molecule has 2 N–H and O–H groups in total. The lowest BCUT2D eigenvalue weighted by molar-refractivity contribution is 0.194. The second kappa shape index (κ2) is 4.21. The van der Waals surface area contributed by atoms with Crippen LogP contribution in [0.2, 0.25) is 0 Å². The molecule has 1 fully saturated rings. The fourth-order valence-corrected chi connectivity index (χ4v) is 2.03. The molecule has 3 nitrogen and oxygen atoms in total. The number of ether oxygens (including phenoxy) is 1. The van der Waals surface area contributed by atoms with E-state index in [1.165, 1.54) is 12.8 Å². The second-order valence-electron chi connectivity index (χ2n) is 5.98. The molecular formula is C14H22N2O. The summed E-state index contributed by atoms with van der Waals surface area (Å²) in [7, 11) is 0. The van der Waals surface area contributed by atoms with E-state index in [4.69, 9.17) is 10.5 Å². The first-order chi connectivity index (χ1) is 7.89. The van der Waals surface area contributed by atoms with Crippen LogP contribution in [0.1, 0.15) is 46.1 Å². The number of hydrogen-bond donors (Lipinski definition) is 1. The Hall–Kier alpha value is -1.25. The van der Waals surface area contributed by atoms with E-state index in [-0.39, 0.29) is 11.5 Å². The summed E-state index contributed by atoms with van der Waals surface area (Å²) in [6.07, 6.45) is 4.53. The molecule has 17 heavy (non-hydrogen) atoms. The number of aromatic nitrogens is 1. The van der Waals surface area contributed by atoms with Crippen LogP contribution in [0, 0.1) is 5.92 Å². The van der Waals surface area contributed by atoms with Gasteiger partial charge in [-0.05, 0) is 37.2 Å². The van der Waals surface area contributed by atoms with Crippen molar-refractivity contribution in [2.24, 2.45) is 5.92 Å². The maximum Gasteiger partial charge on any atom is 0.166 e. The Balaban J connectivity index is 2.29. The minimum Gasteiger partial charge on any atom is -0.486 e. The van der Waals surface area contributed by atoms with Crippen LogP contribution in [0.15, 0.2) is 12.3 Å². The predicted molar refractivity (Wildman–Crippen MR) is 70.2 cm³/mol. The number of hydrogen-bond acceptors (Lipinski definition) is 3. The third-order valence-corrected chi connectivity index (χ3v) is 3.33. The Morgan fingerprint density at radius 2 is 2.06 bits per heavy atom. The number of nitrogen functional groups attached to an aromatic ring is 1. The van der Waals surface area contributed by atoms with Gasteiger partial charge in [-0.3, -0.25) is 0 Å². The molecule has 1 aliphatic rings. The third kappa shape index (κ3) is 2.71. The highest BCUT2D eigenvalue weighted by atomic mass is 16.5. The van der Waals surface area contributed by atoms with Crippen molar-refractivity contribution in [3.8, 4) is 5.75 Å². The van der Waals surface area contributed by atoms with E-state index < -0.39 is 0 Å². The molecule has 0 bridgehead atoms. The van der Waals surface area contributed by atoms with Crippen molar-refractivity contribution < 1.29 is 4.74 Å². The van der Waals surface area contributed by atoms with E-state index in [0.717, 1.165) is 11.3 Å². The van der Waals surface area contributed by atoms with Crippen LogP contribution in [0.3, 0.4) is 0 Å². The molecule has 2 rings (SSSR count). The van der Waals surface area contributed by atoms with Gasteiger partial charge < -0.3 is 10.5 Å². The molecule has 0 spiro atoms. The Morgan fingerprint density at radius 1 is 1.41 bits per heavy atom. The van der Waals surface area contributed by atoms with Crippen molar-refractivity contribution in [2.45, 2.75) is 52.1 Å². The van der Waals surface area contributed by atoms with Gasteiger partial charge in [-0.2, -0.15) is 0 Å². The Labute approximate surface area is 103 Å². The summed E-state index contributed by atoms with van der Waals surface area (Å²) in [5.74, 6) is 1.98. The highest BCUT2D eigenvalue weighted by Gasteiger charge is 2.31. The molecule has 0 aromatic carbocycles. The zero-order valence-electron chi connectivity index (χ0n) is 11.2. The largest absolute Gasteiger partial charge is 0.486 e. The zero-order chi connectivity index (χ0) is 12.6. The first-order valence-corrected chi connectivity index (χ1v) is 6.31. The summed E-state index contributed by atoms with van der Waals surface area (Å²) in [5, 5.41) is 0. The summed E-state index contributed by atoms with van der Waals surface area (Å²) in [4.78, 5) is 4.14. The molecule has 0 radical (unpaired) electrons. The summed E-state index contributed by atoms with van der Waals surface area (Å²) in [5.41, 5.74) is 7.11. The van der Waals surface area contributed by atoms with Crippen molar-refractivity contribution in [3.05, 3.63) is 17.8 Å². The van der Waals surface area contributed by atoms with E-state index in [2.05, 4.69) is 32.7 Å². The molecular weight excluding hydrogens is 212 g/mol. The summed E-state index contributed by atoms with van der Waals surface area (Å²) < 4.78 is 6.04. The van der Waals surface area contributed by atoms with Gasteiger partial charge >= 0.3 is 0 Å². The van der Waals surface area contributed by atoms with Crippen molar-refractivity contribution in [1.29, 1.82) is 0 Å². The monoisotopic (exact) mass is 234 g/mol. The lowest BCUT2D eigenvalue weighted by Gasteiger charge is -2.25. The average molecular weight is 234 g/mol. The van der Waals surface area contributed by atoms with E-state index in [9.17, 15) is 0 Å². The number of nitrogens with zero attached hydrogens (tertiary/aromatic N) is 1. The average Bonchev–Trinajstić information content (AvgIpc) is 3.02. The molecule has 0 saturated heterocycles. The lowest BCUT2D eigenvalue weighted by atomic mass is 9.87. The van der Waals surface area contributed by atoms with E-state index in [1.54, 1.807) is 6.20 Å². The third-order valence-electron chi connectivity index (χ3n) is 3.33. The normalized spacial score (nSPS) is 17.9. The van der Waals surface area contributed by atoms with Crippen molar-refractivity contribution in [1.82, 2.24) is 4.98 Å². The van der Waals surface area contributed by atoms with Crippen LogP contribution in [0.4, 0.5) is 5.82 Å². The molecule has 1 heterocycles. The van der Waals surface area contributed by atoms with Crippen molar-refractivity contribution >= 4 is 5.82 Å². The number of nitrogens with two attached hydrogens (primary N) is 1. The fourth-order valence-electron chi connectivity index (χ4n) is 2.03. The molecule has 1 saturated carbocycles. The molecule has 94 valence electrons. The highest BCUT2D eigenvalue weighted by molar-refractivity contribution is 5.53. The smallest absolute Gasteiger partial charge is 0.166 e. The molecule has 1 aromatic rings. The molecule has 1 atom stereocenters. The molecule has 0 amide bonds. The maximum atomic E-state index is 6.04. The fraction of sp³-hybridized carbons (Fsp3) is 0.643. The van der Waals surface area contributed by atoms with Crippen molar-refractivity contribution in [3.63, 3.8) is 0 Å². The summed E-state index contributed by atoms with van der Waals surface area (Å²) in [6.45, 7) is 8.61. The van der Waals surface area contributed by atoms with Crippen LogP contribution in [0.25, 0.3) is 0 Å². The minimum absolute atomic E-state index is 0.0235.